The van der Waals surface area contributed by atoms with Gasteiger partial charge in [0, 0.05) is 0 Å². The monoisotopic (exact) mass is 324 g/mol. The van der Waals surface area contributed by atoms with Crippen LogP contribution in [0, 0.1) is 20.8 Å². The first-order valence-corrected chi connectivity index (χ1v) is 8.23. The molecule has 3 N–H and O–H groups in total. The number of benzene rings is 2. The molecular weight excluding hydrogens is 308 g/mol. The molecule has 4 nitrogen and oxygen atoms in total. The van der Waals surface area contributed by atoms with Gasteiger partial charge in [0.05, 0.1) is 16.4 Å². The Morgan fingerprint density at radius 3 is 2.38 bits per heavy atom. The number of rotatable bonds is 3. The Labute approximate surface area is 130 Å². The Hall–Kier alpha value is -1.72. The molecule has 0 spiro atoms. The fourth-order valence-electron chi connectivity index (χ4n) is 2.07. The van der Waals surface area contributed by atoms with Crippen molar-refractivity contribution >= 4 is 33.0 Å². The van der Waals surface area contributed by atoms with Gasteiger partial charge in [-0.15, -0.1) is 0 Å². The fourth-order valence-corrected chi connectivity index (χ4v) is 3.92. The summed E-state index contributed by atoms with van der Waals surface area (Å²) in [5.74, 6) is 0. The molecule has 0 fully saturated rings. The van der Waals surface area contributed by atoms with Crippen molar-refractivity contribution in [1.29, 1.82) is 0 Å². The number of aryl methyl sites for hydroxylation is 2. The van der Waals surface area contributed by atoms with Crippen molar-refractivity contribution in [2.24, 2.45) is 0 Å². The van der Waals surface area contributed by atoms with E-state index in [-0.39, 0.29) is 10.6 Å². The maximum Gasteiger partial charge on any atom is 0.264 e. The number of nitrogen functional groups attached to an aromatic ring is 1. The summed E-state index contributed by atoms with van der Waals surface area (Å²) in [5, 5.41) is 0.349. The summed E-state index contributed by atoms with van der Waals surface area (Å²) < 4.78 is 27.7. The zero-order valence-corrected chi connectivity index (χ0v) is 13.6. The van der Waals surface area contributed by atoms with Crippen molar-refractivity contribution in [2.75, 3.05) is 10.5 Å². The smallest absolute Gasteiger partial charge is 0.264 e. The predicted molar refractivity (Wildman–Crippen MR) is 87.3 cm³/mol. The van der Waals surface area contributed by atoms with E-state index in [9.17, 15) is 8.42 Å². The van der Waals surface area contributed by atoms with Gasteiger partial charge in [-0.3, -0.25) is 4.72 Å². The van der Waals surface area contributed by atoms with Crippen LogP contribution >= 0.6 is 11.6 Å². The highest BCUT2D eigenvalue weighted by atomic mass is 35.5. The number of nitrogens with one attached hydrogen (secondary N) is 1. The van der Waals surface area contributed by atoms with Crippen LogP contribution in [0.15, 0.2) is 35.2 Å². The van der Waals surface area contributed by atoms with E-state index in [1.807, 2.05) is 13.8 Å². The Morgan fingerprint density at radius 1 is 1.10 bits per heavy atom. The van der Waals surface area contributed by atoms with Crippen molar-refractivity contribution in [2.45, 2.75) is 25.7 Å². The third-order valence-corrected chi connectivity index (χ3v) is 5.23. The molecule has 0 heterocycles. The summed E-state index contributed by atoms with van der Waals surface area (Å²) in [6.45, 7) is 5.45. The molecule has 0 aliphatic carbocycles. The number of anilines is 2. The van der Waals surface area contributed by atoms with Crippen LogP contribution in [-0.2, 0) is 10.0 Å². The molecule has 0 aliphatic heterocycles. The molecule has 0 radical (unpaired) electrons. The lowest BCUT2D eigenvalue weighted by atomic mass is 10.1. The number of halogens is 1. The molecule has 0 aromatic heterocycles. The summed E-state index contributed by atoms with van der Waals surface area (Å²) in [6, 6.07) is 8.51. The average molecular weight is 325 g/mol. The van der Waals surface area contributed by atoms with Crippen LogP contribution in [0.3, 0.4) is 0 Å². The summed E-state index contributed by atoms with van der Waals surface area (Å²) >= 11 is 6.08. The standard InChI is InChI=1S/C15H17ClN2O2S/c1-9-4-7-14(12(16)8-9)18-21(19,20)15-11(3)10(2)5-6-13(15)17/h4-8,18H,17H2,1-3H3. The Balaban J connectivity index is 2.51. The maximum atomic E-state index is 12.6. The minimum Gasteiger partial charge on any atom is -0.398 e. The van der Waals surface area contributed by atoms with Gasteiger partial charge in [0.25, 0.3) is 10.0 Å². The molecular formula is C15H17ClN2O2S. The van der Waals surface area contributed by atoms with Crippen LogP contribution in [0.25, 0.3) is 0 Å². The number of hydrogen-bond acceptors (Lipinski definition) is 3. The van der Waals surface area contributed by atoms with Crippen LogP contribution in [-0.4, -0.2) is 8.42 Å². The van der Waals surface area contributed by atoms with Crippen LogP contribution in [0.2, 0.25) is 5.02 Å². The van der Waals surface area contributed by atoms with E-state index in [0.717, 1.165) is 11.1 Å². The molecule has 2 aromatic carbocycles. The van der Waals surface area contributed by atoms with E-state index in [1.54, 1.807) is 37.3 Å². The maximum absolute atomic E-state index is 12.6. The third kappa shape index (κ3) is 3.14. The lowest BCUT2D eigenvalue weighted by Gasteiger charge is -2.15. The molecule has 0 unspecified atom stereocenters. The Bertz CT molecular complexity index is 802. The van der Waals surface area contributed by atoms with E-state index in [0.29, 0.717) is 16.3 Å². The quantitative estimate of drug-likeness (QED) is 0.846. The number of sulfonamides is 1. The predicted octanol–water partition coefficient (Wildman–Crippen LogP) is 3.65. The third-order valence-electron chi connectivity index (χ3n) is 3.34. The van der Waals surface area contributed by atoms with Gasteiger partial charge in [0.2, 0.25) is 0 Å². The minimum absolute atomic E-state index is 0.0964. The van der Waals surface area contributed by atoms with E-state index in [4.69, 9.17) is 17.3 Å². The second-order valence-electron chi connectivity index (χ2n) is 5.01. The zero-order valence-electron chi connectivity index (χ0n) is 12.1. The first-order valence-electron chi connectivity index (χ1n) is 6.37. The highest BCUT2D eigenvalue weighted by molar-refractivity contribution is 7.93. The first kappa shape index (κ1) is 15.7. The van der Waals surface area contributed by atoms with Gasteiger partial charge < -0.3 is 5.73 Å². The van der Waals surface area contributed by atoms with E-state index < -0.39 is 10.0 Å². The summed E-state index contributed by atoms with van der Waals surface area (Å²) in [6.07, 6.45) is 0. The molecule has 0 saturated carbocycles. The van der Waals surface area contributed by atoms with Crippen molar-refractivity contribution in [3.63, 3.8) is 0 Å². The summed E-state index contributed by atoms with van der Waals surface area (Å²) in [5.41, 5.74) is 8.84. The average Bonchev–Trinajstić information content (AvgIpc) is 2.37. The molecule has 6 heteroatoms. The lowest BCUT2D eigenvalue weighted by molar-refractivity contribution is 0.601. The molecule has 21 heavy (non-hydrogen) atoms. The first-order chi connectivity index (χ1) is 9.72. The van der Waals surface area contributed by atoms with Crippen LogP contribution in [0.4, 0.5) is 11.4 Å². The molecule has 0 atom stereocenters. The van der Waals surface area contributed by atoms with Crippen molar-refractivity contribution in [3.05, 3.63) is 52.0 Å². The SMILES string of the molecule is Cc1ccc(NS(=O)(=O)c2c(N)ccc(C)c2C)c(Cl)c1. The van der Waals surface area contributed by atoms with Gasteiger partial charge >= 0.3 is 0 Å². The topological polar surface area (TPSA) is 72.2 Å². The van der Waals surface area contributed by atoms with Crippen molar-refractivity contribution in [1.82, 2.24) is 0 Å². The molecule has 0 saturated heterocycles. The Morgan fingerprint density at radius 2 is 1.76 bits per heavy atom. The van der Waals surface area contributed by atoms with Gasteiger partial charge in [-0.2, -0.15) is 0 Å². The highest BCUT2D eigenvalue weighted by Gasteiger charge is 2.22. The molecule has 2 rings (SSSR count). The van der Waals surface area contributed by atoms with Crippen molar-refractivity contribution < 1.29 is 8.42 Å². The molecule has 112 valence electrons. The molecule has 0 bridgehead atoms. The van der Waals surface area contributed by atoms with E-state index >= 15 is 0 Å². The van der Waals surface area contributed by atoms with Gasteiger partial charge in [-0.05, 0) is 55.7 Å². The van der Waals surface area contributed by atoms with Gasteiger partial charge in [0.1, 0.15) is 4.90 Å². The van der Waals surface area contributed by atoms with Crippen LogP contribution < -0.4 is 10.5 Å². The number of nitrogens with two attached hydrogens (primary N) is 1. The molecule has 0 aliphatic rings. The van der Waals surface area contributed by atoms with Gasteiger partial charge in [-0.1, -0.05) is 23.7 Å². The Kier molecular flexibility index (Phi) is 4.16. The van der Waals surface area contributed by atoms with Crippen molar-refractivity contribution in [3.8, 4) is 0 Å². The van der Waals surface area contributed by atoms with E-state index in [2.05, 4.69) is 4.72 Å². The van der Waals surface area contributed by atoms with E-state index in [1.165, 1.54) is 0 Å². The highest BCUT2D eigenvalue weighted by Crippen LogP contribution is 2.30. The van der Waals surface area contributed by atoms with Crippen LogP contribution in [0.1, 0.15) is 16.7 Å². The van der Waals surface area contributed by atoms with Gasteiger partial charge in [0.15, 0.2) is 0 Å². The second kappa shape index (κ2) is 5.58. The van der Waals surface area contributed by atoms with Crippen LogP contribution in [0.5, 0.6) is 0 Å². The van der Waals surface area contributed by atoms with Gasteiger partial charge in [-0.25, -0.2) is 8.42 Å². The summed E-state index contributed by atoms with van der Waals surface area (Å²) in [4.78, 5) is 0.0964. The largest absolute Gasteiger partial charge is 0.398 e. The fraction of sp³-hybridized carbons (Fsp3) is 0.200. The number of hydrogen-bond donors (Lipinski definition) is 2. The normalized spacial score (nSPS) is 11.4. The minimum atomic E-state index is -3.79. The second-order valence-corrected chi connectivity index (χ2v) is 7.04. The lowest BCUT2D eigenvalue weighted by Crippen LogP contribution is -2.17. The molecule has 2 aromatic rings. The summed E-state index contributed by atoms with van der Waals surface area (Å²) in [7, 11) is -3.79. The zero-order chi connectivity index (χ0) is 15.8. The molecule has 0 amide bonds.